The molecule has 23 heavy (non-hydrogen) atoms. The van der Waals surface area contributed by atoms with Crippen LogP contribution in [0.3, 0.4) is 0 Å². The van der Waals surface area contributed by atoms with Crippen LogP contribution in [-0.2, 0) is 16.4 Å². The normalized spacial score (nSPS) is 19.4. The van der Waals surface area contributed by atoms with Crippen molar-refractivity contribution in [1.82, 2.24) is 10.3 Å². The topological polar surface area (TPSA) is 101 Å². The quantitative estimate of drug-likeness (QED) is 0.851. The summed E-state index contributed by atoms with van der Waals surface area (Å²) in [6.07, 6.45) is 5.16. The third-order valence-corrected chi connectivity index (χ3v) is 5.37. The lowest BCUT2D eigenvalue weighted by molar-refractivity contribution is 0.0947. The molecule has 1 unspecified atom stereocenters. The Bertz CT molecular complexity index is 787. The summed E-state index contributed by atoms with van der Waals surface area (Å²) in [4.78, 5) is 16.1. The number of hydrogen-bond acceptors (Lipinski definition) is 6. The number of nitrogens with one attached hydrogen (secondary N) is 2. The number of anilines is 1. The van der Waals surface area contributed by atoms with E-state index in [1.807, 2.05) is 0 Å². The molecule has 3 heterocycles. The van der Waals surface area contributed by atoms with Crippen LogP contribution < -0.4 is 10.6 Å². The molecule has 0 spiro atoms. The Balaban J connectivity index is 1.61. The molecule has 3 rings (SSSR count). The van der Waals surface area contributed by atoms with E-state index in [1.54, 1.807) is 30.7 Å². The first-order chi connectivity index (χ1) is 11.0. The predicted molar refractivity (Wildman–Crippen MR) is 84.8 cm³/mol. The van der Waals surface area contributed by atoms with Crippen LogP contribution in [0.25, 0.3) is 0 Å². The lowest BCUT2D eigenvalue weighted by Gasteiger charge is -2.12. The highest BCUT2D eigenvalue weighted by atomic mass is 32.2. The fourth-order valence-electron chi connectivity index (χ4n) is 2.47. The summed E-state index contributed by atoms with van der Waals surface area (Å²) in [7, 11) is -2.95. The smallest absolute Gasteiger partial charge is 0.253 e. The Morgan fingerprint density at radius 1 is 1.39 bits per heavy atom. The molecule has 7 nitrogen and oxygen atoms in total. The third kappa shape index (κ3) is 4.10. The Hall–Kier alpha value is -2.35. The van der Waals surface area contributed by atoms with Gasteiger partial charge in [0.05, 0.1) is 35.6 Å². The van der Waals surface area contributed by atoms with Crippen LogP contribution in [0.2, 0.25) is 0 Å². The van der Waals surface area contributed by atoms with E-state index in [0.29, 0.717) is 30.0 Å². The van der Waals surface area contributed by atoms with E-state index in [4.69, 9.17) is 4.42 Å². The number of amides is 1. The minimum atomic E-state index is -2.95. The van der Waals surface area contributed by atoms with Crippen LogP contribution in [0.4, 0.5) is 5.69 Å². The molecule has 8 heteroatoms. The number of hydrogen-bond donors (Lipinski definition) is 2. The highest BCUT2D eigenvalue weighted by molar-refractivity contribution is 7.91. The van der Waals surface area contributed by atoms with Crippen molar-refractivity contribution in [2.75, 3.05) is 16.8 Å². The Labute approximate surface area is 134 Å². The van der Waals surface area contributed by atoms with Gasteiger partial charge in [-0.2, -0.15) is 0 Å². The molecule has 1 atom stereocenters. The molecule has 0 bridgehead atoms. The summed E-state index contributed by atoms with van der Waals surface area (Å²) in [5.74, 6) is 0.705. The van der Waals surface area contributed by atoms with E-state index >= 15 is 0 Å². The van der Waals surface area contributed by atoms with Crippen molar-refractivity contribution in [3.05, 3.63) is 48.2 Å². The number of rotatable bonds is 5. The first-order valence-corrected chi connectivity index (χ1v) is 9.06. The maximum Gasteiger partial charge on any atom is 0.253 e. The van der Waals surface area contributed by atoms with Gasteiger partial charge in [0.1, 0.15) is 5.76 Å². The summed E-state index contributed by atoms with van der Waals surface area (Å²) in [6.45, 7) is 0.296. The molecule has 0 aromatic carbocycles. The number of nitrogens with zero attached hydrogens (tertiary/aromatic N) is 1. The second kappa shape index (κ2) is 6.41. The fraction of sp³-hybridized carbons (Fsp3) is 0.333. The van der Waals surface area contributed by atoms with Gasteiger partial charge in [-0.15, -0.1) is 0 Å². The monoisotopic (exact) mass is 335 g/mol. The number of pyridine rings is 1. The number of sulfone groups is 1. The van der Waals surface area contributed by atoms with Crippen LogP contribution in [0.15, 0.2) is 41.3 Å². The van der Waals surface area contributed by atoms with Gasteiger partial charge in [0, 0.05) is 18.4 Å². The number of carbonyl (C=O) groups is 1. The van der Waals surface area contributed by atoms with E-state index in [-0.39, 0.29) is 23.5 Å². The maximum absolute atomic E-state index is 12.1. The average Bonchev–Trinajstić information content (AvgIpc) is 3.14. The van der Waals surface area contributed by atoms with E-state index in [2.05, 4.69) is 15.6 Å². The highest BCUT2D eigenvalue weighted by Gasteiger charge is 2.27. The SMILES string of the molecule is O=C(NCc1ccco1)c1cncc(NC2CCS(=O)(=O)C2)c1. The van der Waals surface area contributed by atoms with Gasteiger partial charge in [-0.3, -0.25) is 9.78 Å². The Morgan fingerprint density at radius 3 is 2.96 bits per heavy atom. The first kappa shape index (κ1) is 15.5. The Morgan fingerprint density at radius 2 is 2.26 bits per heavy atom. The van der Waals surface area contributed by atoms with Gasteiger partial charge in [-0.05, 0) is 24.6 Å². The first-order valence-electron chi connectivity index (χ1n) is 7.24. The number of aromatic nitrogens is 1. The minimum Gasteiger partial charge on any atom is -0.467 e. The molecule has 0 aliphatic carbocycles. The van der Waals surface area contributed by atoms with Crippen LogP contribution in [0.1, 0.15) is 22.5 Å². The molecular formula is C15H17N3O4S. The zero-order valence-corrected chi connectivity index (χ0v) is 13.2. The van der Waals surface area contributed by atoms with Gasteiger partial charge in [-0.1, -0.05) is 0 Å². The van der Waals surface area contributed by atoms with Crippen LogP contribution in [-0.4, -0.2) is 36.9 Å². The van der Waals surface area contributed by atoms with Gasteiger partial charge in [-0.25, -0.2) is 8.42 Å². The lowest BCUT2D eigenvalue weighted by Crippen LogP contribution is -2.24. The minimum absolute atomic E-state index is 0.113. The van der Waals surface area contributed by atoms with E-state index in [0.717, 1.165) is 0 Å². The summed E-state index contributed by atoms with van der Waals surface area (Å²) >= 11 is 0. The molecular weight excluding hydrogens is 318 g/mol. The maximum atomic E-state index is 12.1. The Kier molecular flexibility index (Phi) is 4.33. The fourth-order valence-corrected chi connectivity index (χ4v) is 4.14. The van der Waals surface area contributed by atoms with Gasteiger partial charge in [0.15, 0.2) is 9.84 Å². The molecule has 0 saturated carbocycles. The molecule has 2 aromatic rings. The van der Waals surface area contributed by atoms with Crippen LogP contribution in [0.5, 0.6) is 0 Å². The van der Waals surface area contributed by atoms with Gasteiger partial charge in [0.25, 0.3) is 5.91 Å². The predicted octanol–water partition coefficient (Wildman–Crippen LogP) is 1.20. The third-order valence-electron chi connectivity index (χ3n) is 3.61. The zero-order valence-electron chi connectivity index (χ0n) is 12.4. The lowest BCUT2D eigenvalue weighted by atomic mass is 10.2. The summed E-state index contributed by atoms with van der Waals surface area (Å²) < 4.78 is 28.1. The summed E-state index contributed by atoms with van der Waals surface area (Å²) in [5.41, 5.74) is 1.04. The molecule has 2 N–H and O–H groups in total. The van der Waals surface area contributed by atoms with Gasteiger partial charge < -0.3 is 15.1 Å². The molecule has 2 aromatic heterocycles. The molecule has 1 aliphatic heterocycles. The van der Waals surface area contributed by atoms with Crippen molar-refractivity contribution in [3.8, 4) is 0 Å². The molecule has 0 radical (unpaired) electrons. The molecule has 1 amide bonds. The zero-order chi connectivity index (χ0) is 16.3. The highest BCUT2D eigenvalue weighted by Crippen LogP contribution is 2.17. The van der Waals surface area contributed by atoms with Crippen molar-refractivity contribution < 1.29 is 17.6 Å². The van der Waals surface area contributed by atoms with E-state index in [9.17, 15) is 13.2 Å². The van der Waals surface area contributed by atoms with Crippen molar-refractivity contribution in [2.24, 2.45) is 0 Å². The standard InChI is InChI=1S/C15H17N3O4S/c19-15(17-9-14-2-1-4-22-14)11-6-13(8-16-7-11)18-12-3-5-23(20,21)10-12/h1-2,4,6-8,12,18H,3,5,9-10H2,(H,17,19). The molecule has 1 aliphatic rings. The van der Waals surface area contributed by atoms with Crippen molar-refractivity contribution in [3.63, 3.8) is 0 Å². The van der Waals surface area contributed by atoms with Gasteiger partial charge >= 0.3 is 0 Å². The van der Waals surface area contributed by atoms with E-state index < -0.39 is 9.84 Å². The largest absolute Gasteiger partial charge is 0.467 e. The van der Waals surface area contributed by atoms with Crippen LogP contribution in [0, 0.1) is 0 Å². The van der Waals surface area contributed by atoms with Crippen LogP contribution >= 0.6 is 0 Å². The molecule has 122 valence electrons. The second-order valence-electron chi connectivity index (χ2n) is 5.47. The number of furan rings is 1. The summed E-state index contributed by atoms with van der Waals surface area (Å²) in [6, 6.07) is 5.05. The second-order valence-corrected chi connectivity index (χ2v) is 7.70. The van der Waals surface area contributed by atoms with Crippen molar-refractivity contribution in [2.45, 2.75) is 19.0 Å². The summed E-state index contributed by atoms with van der Waals surface area (Å²) in [5, 5.41) is 5.86. The average molecular weight is 335 g/mol. The van der Waals surface area contributed by atoms with E-state index in [1.165, 1.54) is 6.20 Å². The van der Waals surface area contributed by atoms with Crippen molar-refractivity contribution >= 4 is 21.4 Å². The molecule has 1 fully saturated rings. The van der Waals surface area contributed by atoms with Crippen molar-refractivity contribution in [1.29, 1.82) is 0 Å². The number of carbonyl (C=O) groups excluding carboxylic acids is 1. The van der Waals surface area contributed by atoms with Gasteiger partial charge in [0.2, 0.25) is 0 Å². The molecule has 1 saturated heterocycles.